The highest BCUT2D eigenvalue weighted by atomic mass is 79.9. The van der Waals surface area contributed by atoms with Crippen molar-refractivity contribution >= 4 is 27.6 Å². The van der Waals surface area contributed by atoms with Crippen molar-refractivity contribution in [3.63, 3.8) is 0 Å². The maximum atomic E-state index is 11.5. The van der Waals surface area contributed by atoms with Crippen LogP contribution in [0.5, 0.6) is 0 Å². The summed E-state index contributed by atoms with van der Waals surface area (Å²) >= 11 is 3.35. The summed E-state index contributed by atoms with van der Waals surface area (Å²) in [6.45, 7) is 2.49. The van der Waals surface area contributed by atoms with E-state index >= 15 is 0 Å². The van der Waals surface area contributed by atoms with Crippen LogP contribution >= 0.6 is 15.9 Å². The van der Waals surface area contributed by atoms with E-state index in [-0.39, 0.29) is 12.0 Å². The lowest BCUT2D eigenvalue weighted by Crippen LogP contribution is -2.25. The largest absolute Gasteiger partial charge is 0.465 e. The molecule has 4 nitrogen and oxygen atoms in total. The highest BCUT2D eigenvalue weighted by Crippen LogP contribution is 2.22. The molecule has 1 aromatic rings. The van der Waals surface area contributed by atoms with E-state index in [1.807, 2.05) is 13.0 Å². The van der Waals surface area contributed by atoms with E-state index in [9.17, 15) is 4.79 Å². The van der Waals surface area contributed by atoms with Gasteiger partial charge in [-0.25, -0.2) is 4.79 Å². The fraction of sp³-hybridized carbons (Fsp3) is 0.364. The molecular formula is C11H15BrN2O2. The van der Waals surface area contributed by atoms with E-state index in [1.54, 1.807) is 12.1 Å². The van der Waals surface area contributed by atoms with Crippen molar-refractivity contribution in [1.82, 2.24) is 0 Å². The predicted molar refractivity (Wildman–Crippen MR) is 67.6 cm³/mol. The molecule has 1 rings (SSSR count). The zero-order valence-corrected chi connectivity index (χ0v) is 10.9. The van der Waals surface area contributed by atoms with E-state index in [0.717, 1.165) is 10.2 Å². The summed E-state index contributed by atoms with van der Waals surface area (Å²) in [6.07, 6.45) is 0. The van der Waals surface area contributed by atoms with Crippen molar-refractivity contribution in [2.45, 2.75) is 13.0 Å². The van der Waals surface area contributed by atoms with E-state index in [2.05, 4.69) is 21.2 Å². The van der Waals surface area contributed by atoms with E-state index in [0.29, 0.717) is 12.1 Å². The van der Waals surface area contributed by atoms with Gasteiger partial charge in [0, 0.05) is 22.7 Å². The number of nitrogens with one attached hydrogen (secondary N) is 1. The Balaban J connectivity index is 2.94. The van der Waals surface area contributed by atoms with Gasteiger partial charge in [0.05, 0.1) is 12.7 Å². The van der Waals surface area contributed by atoms with Gasteiger partial charge in [0.2, 0.25) is 0 Å². The number of carbonyl (C=O) groups excluding carboxylic acids is 1. The topological polar surface area (TPSA) is 64.3 Å². The normalized spacial score (nSPS) is 12.0. The van der Waals surface area contributed by atoms with Crippen LogP contribution in [0.25, 0.3) is 0 Å². The third-order valence-electron chi connectivity index (χ3n) is 2.00. The van der Waals surface area contributed by atoms with Gasteiger partial charge >= 0.3 is 5.97 Å². The molecule has 16 heavy (non-hydrogen) atoms. The summed E-state index contributed by atoms with van der Waals surface area (Å²) in [4.78, 5) is 11.5. The summed E-state index contributed by atoms with van der Waals surface area (Å²) in [7, 11) is 1.36. The van der Waals surface area contributed by atoms with Gasteiger partial charge in [0.25, 0.3) is 0 Å². The molecule has 0 spiro atoms. The van der Waals surface area contributed by atoms with Crippen molar-refractivity contribution in [2.75, 3.05) is 19.0 Å². The zero-order chi connectivity index (χ0) is 12.1. The number of hydrogen-bond acceptors (Lipinski definition) is 4. The molecule has 0 aliphatic rings. The maximum absolute atomic E-state index is 11.5. The lowest BCUT2D eigenvalue weighted by atomic mass is 10.1. The third kappa shape index (κ3) is 3.50. The number of halogens is 1. The SMILES string of the molecule is COC(=O)c1ccc(Br)cc1NCC(C)N. The minimum atomic E-state index is -0.361. The molecular weight excluding hydrogens is 272 g/mol. The molecule has 0 aromatic heterocycles. The molecule has 0 aliphatic carbocycles. The highest BCUT2D eigenvalue weighted by Gasteiger charge is 2.11. The number of nitrogens with two attached hydrogens (primary N) is 1. The molecule has 0 amide bonds. The molecule has 1 aromatic carbocycles. The molecule has 0 bridgehead atoms. The summed E-state index contributed by atoms with van der Waals surface area (Å²) < 4.78 is 5.59. The van der Waals surface area contributed by atoms with Crippen LogP contribution in [0.1, 0.15) is 17.3 Å². The van der Waals surface area contributed by atoms with Crippen LogP contribution in [0.3, 0.4) is 0 Å². The van der Waals surface area contributed by atoms with Crippen LogP contribution in [0.15, 0.2) is 22.7 Å². The Morgan fingerprint density at radius 1 is 1.62 bits per heavy atom. The second-order valence-electron chi connectivity index (χ2n) is 3.54. The molecule has 0 saturated heterocycles. The van der Waals surface area contributed by atoms with Crippen molar-refractivity contribution < 1.29 is 9.53 Å². The number of ether oxygens (including phenoxy) is 1. The average molecular weight is 287 g/mol. The van der Waals surface area contributed by atoms with Crippen LogP contribution < -0.4 is 11.1 Å². The first-order valence-electron chi connectivity index (χ1n) is 4.92. The molecule has 0 heterocycles. The Morgan fingerprint density at radius 2 is 2.31 bits per heavy atom. The van der Waals surface area contributed by atoms with Gasteiger partial charge in [-0.3, -0.25) is 0 Å². The molecule has 0 fully saturated rings. The molecule has 3 N–H and O–H groups in total. The van der Waals surface area contributed by atoms with Gasteiger partial charge in [-0.05, 0) is 25.1 Å². The Hall–Kier alpha value is -1.07. The fourth-order valence-corrected chi connectivity index (χ4v) is 1.58. The Morgan fingerprint density at radius 3 is 2.88 bits per heavy atom. The first-order valence-corrected chi connectivity index (χ1v) is 5.71. The number of carbonyl (C=O) groups is 1. The van der Waals surface area contributed by atoms with E-state index in [1.165, 1.54) is 7.11 Å². The molecule has 0 radical (unpaired) electrons. The van der Waals surface area contributed by atoms with Gasteiger partial charge in [0.15, 0.2) is 0 Å². The van der Waals surface area contributed by atoms with Crippen LogP contribution in [-0.4, -0.2) is 25.7 Å². The Labute approximate surface area is 103 Å². The first-order chi connectivity index (χ1) is 7.54. The Bertz CT molecular complexity index is 380. The smallest absolute Gasteiger partial charge is 0.339 e. The lowest BCUT2D eigenvalue weighted by molar-refractivity contribution is 0.0602. The number of methoxy groups -OCH3 is 1. The summed E-state index contributed by atoms with van der Waals surface area (Å²) in [6, 6.07) is 5.35. The first kappa shape index (κ1) is 13.0. The zero-order valence-electron chi connectivity index (χ0n) is 9.29. The molecule has 1 atom stereocenters. The standard InChI is InChI=1S/C11H15BrN2O2/c1-7(13)6-14-10-5-8(12)3-4-9(10)11(15)16-2/h3-5,7,14H,6,13H2,1-2H3. The number of anilines is 1. The second-order valence-corrected chi connectivity index (χ2v) is 4.46. The third-order valence-corrected chi connectivity index (χ3v) is 2.49. The monoisotopic (exact) mass is 286 g/mol. The fourth-order valence-electron chi connectivity index (χ4n) is 1.22. The average Bonchev–Trinajstić information content (AvgIpc) is 2.25. The minimum absolute atomic E-state index is 0.0180. The molecule has 5 heteroatoms. The summed E-state index contributed by atoms with van der Waals surface area (Å²) in [5.41, 5.74) is 6.87. The van der Waals surface area contributed by atoms with Crippen molar-refractivity contribution in [2.24, 2.45) is 5.73 Å². The van der Waals surface area contributed by atoms with E-state index in [4.69, 9.17) is 10.5 Å². The van der Waals surface area contributed by atoms with Gasteiger partial charge in [-0.15, -0.1) is 0 Å². The molecule has 0 saturated carbocycles. The van der Waals surface area contributed by atoms with Crippen molar-refractivity contribution in [3.8, 4) is 0 Å². The summed E-state index contributed by atoms with van der Waals surface area (Å²) in [5.74, 6) is -0.361. The van der Waals surface area contributed by atoms with Crippen molar-refractivity contribution in [3.05, 3.63) is 28.2 Å². The number of hydrogen-bond donors (Lipinski definition) is 2. The molecule has 1 unspecified atom stereocenters. The van der Waals surface area contributed by atoms with Gasteiger partial charge < -0.3 is 15.8 Å². The summed E-state index contributed by atoms with van der Waals surface area (Å²) in [5, 5.41) is 3.11. The second kappa shape index (κ2) is 5.86. The lowest BCUT2D eigenvalue weighted by Gasteiger charge is -2.12. The van der Waals surface area contributed by atoms with Crippen LogP contribution in [-0.2, 0) is 4.74 Å². The van der Waals surface area contributed by atoms with Crippen molar-refractivity contribution in [1.29, 1.82) is 0 Å². The van der Waals surface area contributed by atoms with Crippen LogP contribution in [0.4, 0.5) is 5.69 Å². The Kier molecular flexibility index (Phi) is 4.76. The number of rotatable bonds is 4. The van der Waals surface area contributed by atoms with Gasteiger partial charge in [-0.2, -0.15) is 0 Å². The predicted octanol–water partition coefficient (Wildman–Crippen LogP) is 1.99. The van der Waals surface area contributed by atoms with E-state index < -0.39 is 0 Å². The quantitative estimate of drug-likeness (QED) is 0.831. The maximum Gasteiger partial charge on any atom is 0.339 e. The van der Waals surface area contributed by atoms with Gasteiger partial charge in [0.1, 0.15) is 0 Å². The molecule has 0 aliphatic heterocycles. The highest BCUT2D eigenvalue weighted by molar-refractivity contribution is 9.10. The van der Waals surface area contributed by atoms with Gasteiger partial charge in [-0.1, -0.05) is 15.9 Å². The number of benzene rings is 1. The number of esters is 1. The van der Waals surface area contributed by atoms with Crippen LogP contribution in [0.2, 0.25) is 0 Å². The van der Waals surface area contributed by atoms with Crippen LogP contribution in [0, 0.1) is 0 Å². The molecule has 88 valence electrons. The minimum Gasteiger partial charge on any atom is -0.465 e.